The van der Waals surface area contributed by atoms with E-state index in [0.29, 0.717) is 11.8 Å². The third-order valence-corrected chi connectivity index (χ3v) is 3.93. The Hall–Kier alpha value is -0.860. The van der Waals surface area contributed by atoms with E-state index in [-0.39, 0.29) is 6.61 Å². The molecule has 94 valence electrons. The van der Waals surface area contributed by atoms with Crippen molar-refractivity contribution in [2.75, 3.05) is 19.7 Å². The molecule has 1 aromatic carbocycles. The van der Waals surface area contributed by atoms with Gasteiger partial charge in [-0.1, -0.05) is 23.8 Å². The summed E-state index contributed by atoms with van der Waals surface area (Å²) in [6, 6.07) is 6.57. The summed E-state index contributed by atoms with van der Waals surface area (Å²) in [5.74, 6) is 0.874. The lowest BCUT2D eigenvalue weighted by molar-refractivity contribution is 0.203. The largest absolute Gasteiger partial charge is 0.396 e. The van der Waals surface area contributed by atoms with Gasteiger partial charge in [0.15, 0.2) is 0 Å². The van der Waals surface area contributed by atoms with E-state index >= 15 is 0 Å². The number of aliphatic hydroxyl groups excluding tert-OH is 1. The first-order chi connectivity index (χ1) is 8.22. The summed E-state index contributed by atoms with van der Waals surface area (Å²) in [5, 5.41) is 13.1. The fraction of sp³-hybridized carbons (Fsp3) is 0.600. The smallest absolute Gasteiger partial charge is 0.0502 e. The van der Waals surface area contributed by atoms with Crippen molar-refractivity contribution in [3.8, 4) is 0 Å². The van der Waals surface area contributed by atoms with Crippen LogP contribution in [0.25, 0.3) is 0 Å². The van der Waals surface area contributed by atoms with Crippen LogP contribution in [0, 0.1) is 19.8 Å². The van der Waals surface area contributed by atoms with Crippen LogP contribution in [-0.2, 0) is 0 Å². The van der Waals surface area contributed by atoms with Gasteiger partial charge in [0.25, 0.3) is 0 Å². The Morgan fingerprint density at radius 2 is 2.24 bits per heavy atom. The van der Waals surface area contributed by atoms with Crippen molar-refractivity contribution in [1.82, 2.24) is 5.32 Å². The molecule has 2 nitrogen and oxygen atoms in total. The third kappa shape index (κ3) is 2.88. The number of hydrogen-bond acceptors (Lipinski definition) is 2. The quantitative estimate of drug-likeness (QED) is 0.840. The third-order valence-electron chi connectivity index (χ3n) is 3.93. The van der Waals surface area contributed by atoms with Crippen LogP contribution in [0.5, 0.6) is 0 Å². The van der Waals surface area contributed by atoms with Gasteiger partial charge in [-0.2, -0.15) is 0 Å². The van der Waals surface area contributed by atoms with Crippen LogP contribution < -0.4 is 5.32 Å². The molecule has 17 heavy (non-hydrogen) atoms. The maximum Gasteiger partial charge on any atom is 0.0502 e. The second-order valence-corrected chi connectivity index (χ2v) is 5.26. The molecule has 1 aromatic rings. The SMILES string of the molecule is Cc1ccc(C(CO)C2CCCNC2)c(C)c1. The molecule has 0 spiro atoms. The van der Waals surface area contributed by atoms with Crippen molar-refractivity contribution in [1.29, 1.82) is 0 Å². The summed E-state index contributed by atoms with van der Waals surface area (Å²) >= 11 is 0. The standard InChI is InChI=1S/C15H23NO/c1-11-5-6-14(12(2)8-11)15(10-17)13-4-3-7-16-9-13/h5-6,8,13,15-17H,3-4,7,9-10H2,1-2H3. The van der Waals surface area contributed by atoms with Crippen LogP contribution in [0.15, 0.2) is 18.2 Å². The van der Waals surface area contributed by atoms with E-state index in [1.54, 1.807) is 0 Å². The number of aliphatic hydroxyl groups is 1. The van der Waals surface area contributed by atoms with Gasteiger partial charge in [-0.3, -0.25) is 0 Å². The van der Waals surface area contributed by atoms with E-state index in [1.165, 1.54) is 29.5 Å². The summed E-state index contributed by atoms with van der Waals surface area (Å²) in [4.78, 5) is 0. The van der Waals surface area contributed by atoms with Crippen LogP contribution in [0.2, 0.25) is 0 Å². The van der Waals surface area contributed by atoms with Gasteiger partial charge in [-0.15, -0.1) is 0 Å². The number of benzene rings is 1. The average Bonchev–Trinajstić information content (AvgIpc) is 2.34. The Kier molecular flexibility index (Phi) is 4.19. The molecular formula is C15H23NO. The zero-order chi connectivity index (χ0) is 12.3. The van der Waals surface area contributed by atoms with Gasteiger partial charge in [0, 0.05) is 5.92 Å². The van der Waals surface area contributed by atoms with Crippen molar-refractivity contribution < 1.29 is 5.11 Å². The van der Waals surface area contributed by atoms with Crippen LogP contribution in [-0.4, -0.2) is 24.8 Å². The molecule has 1 aliphatic heterocycles. The second-order valence-electron chi connectivity index (χ2n) is 5.26. The van der Waals surface area contributed by atoms with Crippen LogP contribution in [0.4, 0.5) is 0 Å². The first kappa shape index (κ1) is 12.6. The fourth-order valence-corrected chi connectivity index (χ4v) is 2.97. The lowest BCUT2D eigenvalue weighted by atomic mass is 9.80. The van der Waals surface area contributed by atoms with Gasteiger partial charge < -0.3 is 10.4 Å². The fourth-order valence-electron chi connectivity index (χ4n) is 2.97. The van der Waals surface area contributed by atoms with Gasteiger partial charge in [0.1, 0.15) is 0 Å². The molecule has 2 heteroatoms. The van der Waals surface area contributed by atoms with Gasteiger partial charge >= 0.3 is 0 Å². The van der Waals surface area contributed by atoms with E-state index in [9.17, 15) is 5.11 Å². The molecule has 2 atom stereocenters. The molecule has 1 heterocycles. The van der Waals surface area contributed by atoms with Gasteiger partial charge in [0.05, 0.1) is 6.61 Å². The van der Waals surface area contributed by atoms with E-state index in [0.717, 1.165) is 13.1 Å². The molecule has 0 bridgehead atoms. The highest BCUT2D eigenvalue weighted by atomic mass is 16.3. The summed E-state index contributed by atoms with van der Waals surface area (Å²) in [7, 11) is 0. The Morgan fingerprint density at radius 3 is 2.82 bits per heavy atom. The topological polar surface area (TPSA) is 32.3 Å². The zero-order valence-corrected chi connectivity index (χ0v) is 10.9. The highest BCUT2D eigenvalue weighted by Crippen LogP contribution is 2.31. The van der Waals surface area contributed by atoms with E-state index in [4.69, 9.17) is 0 Å². The van der Waals surface area contributed by atoms with E-state index in [2.05, 4.69) is 37.4 Å². The highest BCUT2D eigenvalue weighted by molar-refractivity contribution is 5.33. The summed E-state index contributed by atoms with van der Waals surface area (Å²) < 4.78 is 0. The van der Waals surface area contributed by atoms with E-state index < -0.39 is 0 Å². The monoisotopic (exact) mass is 233 g/mol. The van der Waals surface area contributed by atoms with Crippen molar-refractivity contribution in [3.63, 3.8) is 0 Å². The Labute approximate surface area is 104 Å². The van der Waals surface area contributed by atoms with Gasteiger partial charge in [-0.05, 0) is 56.8 Å². The molecule has 2 unspecified atom stereocenters. The summed E-state index contributed by atoms with van der Waals surface area (Å²) in [6.07, 6.45) is 2.46. The number of aryl methyl sites for hydroxylation is 2. The second kappa shape index (κ2) is 5.65. The first-order valence-electron chi connectivity index (χ1n) is 6.61. The lowest BCUT2D eigenvalue weighted by Crippen LogP contribution is -2.34. The number of hydrogen-bond donors (Lipinski definition) is 2. The molecule has 1 fully saturated rings. The molecule has 1 saturated heterocycles. The predicted molar refractivity (Wildman–Crippen MR) is 71.3 cm³/mol. The zero-order valence-electron chi connectivity index (χ0n) is 10.9. The molecule has 0 aliphatic carbocycles. The highest BCUT2D eigenvalue weighted by Gasteiger charge is 2.25. The van der Waals surface area contributed by atoms with E-state index in [1.807, 2.05) is 0 Å². The number of piperidine rings is 1. The Morgan fingerprint density at radius 1 is 1.41 bits per heavy atom. The minimum absolute atomic E-state index is 0.260. The minimum atomic E-state index is 0.260. The summed E-state index contributed by atoms with van der Waals surface area (Å²) in [6.45, 7) is 6.70. The summed E-state index contributed by atoms with van der Waals surface area (Å²) in [5.41, 5.74) is 3.94. The Balaban J connectivity index is 2.21. The van der Waals surface area contributed by atoms with Crippen molar-refractivity contribution in [2.45, 2.75) is 32.6 Å². The normalized spacial score (nSPS) is 22.4. The molecule has 1 aliphatic rings. The van der Waals surface area contributed by atoms with Gasteiger partial charge in [-0.25, -0.2) is 0 Å². The molecule has 2 rings (SSSR count). The molecule has 2 N–H and O–H groups in total. The van der Waals surface area contributed by atoms with Crippen LogP contribution in [0.1, 0.15) is 35.4 Å². The molecule has 0 amide bonds. The minimum Gasteiger partial charge on any atom is -0.396 e. The van der Waals surface area contributed by atoms with Crippen molar-refractivity contribution >= 4 is 0 Å². The van der Waals surface area contributed by atoms with Crippen molar-refractivity contribution in [3.05, 3.63) is 34.9 Å². The molecular weight excluding hydrogens is 210 g/mol. The van der Waals surface area contributed by atoms with Crippen LogP contribution in [0.3, 0.4) is 0 Å². The first-order valence-corrected chi connectivity index (χ1v) is 6.61. The molecule has 0 saturated carbocycles. The maximum absolute atomic E-state index is 9.70. The lowest BCUT2D eigenvalue weighted by Gasteiger charge is -2.31. The van der Waals surface area contributed by atoms with Crippen LogP contribution >= 0.6 is 0 Å². The number of nitrogens with one attached hydrogen (secondary N) is 1. The molecule has 0 aromatic heterocycles. The van der Waals surface area contributed by atoms with Gasteiger partial charge in [0.2, 0.25) is 0 Å². The molecule has 0 radical (unpaired) electrons. The average molecular weight is 233 g/mol. The van der Waals surface area contributed by atoms with Crippen molar-refractivity contribution in [2.24, 2.45) is 5.92 Å². The maximum atomic E-state index is 9.70. The Bertz CT molecular complexity index is 369. The predicted octanol–water partition coefficient (Wildman–Crippen LogP) is 2.38. The number of rotatable bonds is 3.